The van der Waals surface area contributed by atoms with E-state index < -0.39 is 13.3 Å². The van der Waals surface area contributed by atoms with Crippen molar-refractivity contribution < 1.29 is 9.53 Å². The zero-order chi connectivity index (χ0) is 11.2. The molecule has 0 saturated carbocycles. The van der Waals surface area contributed by atoms with E-state index in [1.807, 2.05) is 0 Å². The van der Waals surface area contributed by atoms with E-state index in [-0.39, 0.29) is 10.7 Å². The van der Waals surface area contributed by atoms with Gasteiger partial charge in [-0.15, -0.1) is 0 Å². The van der Waals surface area contributed by atoms with Gasteiger partial charge in [0.25, 0.3) is 0 Å². The van der Waals surface area contributed by atoms with Crippen molar-refractivity contribution in [2.24, 2.45) is 0 Å². The molecule has 0 heterocycles. The van der Waals surface area contributed by atoms with Crippen molar-refractivity contribution in [3.8, 4) is 0 Å². The van der Waals surface area contributed by atoms with Crippen molar-refractivity contribution in [3.05, 3.63) is 0 Å². The fraction of sp³-hybridized carbons (Fsp3) is 0.909. The summed E-state index contributed by atoms with van der Waals surface area (Å²) in [7, 11) is 1.51. The molecule has 0 aromatic rings. The Hall–Kier alpha value is 0.0129. The third-order valence-electron chi connectivity index (χ3n) is 3.75. The summed E-state index contributed by atoms with van der Waals surface area (Å²) >= 11 is -1.95. The van der Waals surface area contributed by atoms with Crippen LogP contribution in [-0.2, 0) is 9.53 Å². The fourth-order valence-corrected chi connectivity index (χ4v) is 11.8. The van der Waals surface area contributed by atoms with E-state index in [0.717, 1.165) is 6.42 Å². The molecule has 0 bridgehead atoms. The second kappa shape index (κ2) is 6.49. The Kier molecular flexibility index (Phi) is 6.49. The van der Waals surface area contributed by atoms with Crippen LogP contribution in [0.2, 0.25) is 20.5 Å². The summed E-state index contributed by atoms with van der Waals surface area (Å²) in [6, 6.07) is 0. The first kappa shape index (κ1) is 14.0. The number of hydrogen-bond donors (Lipinski definition) is 0. The molecule has 0 rings (SSSR count). The topological polar surface area (TPSA) is 26.3 Å². The Bertz CT molecular complexity index is 168. The summed E-state index contributed by atoms with van der Waals surface area (Å²) in [5.74, 6) is 0.0399. The molecule has 0 saturated heterocycles. The molecule has 2 nitrogen and oxygen atoms in total. The number of carbonyl (C=O) groups excluding carboxylic acids is 1. The first-order chi connectivity index (χ1) is 6.61. The molecule has 0 N–H and O–H groups in total. The van der Waals surface area contributed by atoms with E-state index in [0.29, 0.717) is 0 Å². The second-order valence-electron chi connectivity index (χ2n) is 3.91. The molecule has 0 aromatic carbocycles. The van der Waals surface area contributed by atoms with Crippen LogP contribution in [0.4, 0.5) is 0 Å². The van der Waals surface area contributed by atoms with Gasteiger partial charge in [-0.1, -0.05) is 0 Å². The van der Waals surface area contributed by atoms with Gasteiger partial charge in [0.05, 0.1) is 0 Å². The van der Waals surface area contributed by atoms with Gasteiger partial charge in [0, 0.05) is 0 Å². The summed E-state index contributed by atoms with van der Waals surface area (Å²) < 4.78 is 5.17. The third-order valence-corrected chi connectivity index (χ3v) is 17.1. The standard InChI is InChI=1S/C11H24GeO2/c1-6-10(11(13)14-5)12(7-2,8-3)9-4/h10H,6-9H2,1-5H3. The van der Waals surface area contributed by atoms with E-state index in [2.05, 4.69) is 27.7 Å². The predicted octanol–water partition coefficient (Wildman–Crippen LogP) is 3.45. The van der Waals surface area contributed by atoms with Crippen LogP contribution in [0.3, 0.4) is 0 Å². The fourth-order valence-electron chi connectivity index (χ4n) is 2.48. The molecule has 0 fully saturated rings. The van der Waals surface area contributed by atoms with Gasteiger partial charge in [0.1, 0.15) is 0 Å². The summed E-state index contributed by atoms with van der Waals surface area (Å²) in [6.45, 7) is 8.86. The number of esters is 1. The van der Waals surface area contributed by atoms with Gasteiger partial charge in [0.15, 0.2) is 0 Å². The molecule has 3 heteroatoms. The Morgan fingerprint density at radius 1 is 1.14 bits per heavy atom. The predicted molar refractivity (Wildman–Crippen MR) is 63.3 cm³/mol. The van der Waals surface area contributed by atoms with Crippen LogP contribution in [0.25, 0.3) is 0 Å². The quantitative estimate of drug-likeness (QED) is 0.540. The molecule has 0 aliphatic heterocycles. The molecule has 1 unspecified atom stereocenters. The van der Waals surface area contributed by atoms with Crippen LogP contribution in [0, 0.1) is 0 Å². The van der Waals surface area contributed by atoms with Crippen molar-refractivity contribution in [2.75, 3.05) is 7.11 Å². The summed E-state index contributed by atoms with van der Waals surface area (Å²) in [5, 5.41) is 3.71. The first-order valence-corrected chi connectivity index (χ1v) is 11.4. The number of ether oxygens (including phenoxy) is 1. The second-order valence-corrected chi connectivity index (χ2v) is 15.5. The van der Waals surface area contributed by atoms with Crippen molar-refractivity contribution >= 4 is 19.2 Å². The van der Waals surface area contributed by atoms with Crippen LogP contribution in [0.15, 0.2) is 0 Å². The number of rotatable bonds is 6. The zero-order valence-electron chi connectivity index (χ0n) is 10.2. The van der Waals surface area contributed by atoms with Gasteiger partial charge < -0.3 is 0 Å². The molecular formula is C11H24GeO2. The molecule has 14 heavy (non-hydrogen) atoms. The Balaban J connectivity index is 4.83. The van der Waals surface area contributed by atoms with Gasteiger partial charge in [0.2, 0.25) is 0 Å². The van der Waals surface area contributed by atoms with E-state index >= 15 is 0 Å². The average molecular weight is 261 g/mol. The van der Waals surface area contributed by atoms with E-state index in [4.69, 9.17) is 4.74 Å². The number of hydrogen-bond acceptors (Lipinski definition) is 2. The minimum atomic E-state index is -1.95. The average Bonchev–Trinajstić information content (AvgIpc) is 2.25. The van der Waals surface area contributed by atoms with Crippen LogP contribution < -0.4 is 0 Å². The van der Waals surface area contributed by atoms with E-state index in [1.165, 1.54) is 22.9 Å². The molecule has 0 radical (unpaired) electrons. The molecule has 84 valence electrons. The maximum atomic E-state index is 11.7. The van der Waals surface area contributed by atoms with Crippen LogP contribution in [-0.4, -0.2) is 26.3 Å². The van der Waals surface area contributed by atoms with E-state index in [9.17, 15) is 4.79 Å². The monoisotopic (exact) mass is 262 g/mol. The number of methoxy groups -OCH3 is 1. The summed E-state index contributed by atoms with van der Waals surface area (Å²) in [5.41, 5.74) is 0. The van der Waals surface area contributed by atoms with Crippen LogP contribution >= 0.6 is 0 Å². The molecule has 0 aliphatic carbocycles. The van der Waals surface area contributed by atoms with Gasteiger partial charge in [-0.25, -0.2) is 0 Å². The molecular weight excluding hydrogens is 237 g/mol. The Labute approximate surface area is 90.8 Å². The van der Waals surface area contributed by atoms with Gasteiger partial charge in [-0.3, -0.25) is 0 Å². The van der Waals surface area contributed by atoms with Crippen molar-refractivity contribution in [3.63, 3.8) is 0 Å². The van der Waals surface area contributed by atoms with Crippen molar-refractivity contribution in [1.29, 1.82) is 0 Å². The van der Waals surface area contributed by atoms with Crippen LogP contribution in [0.5, 0.6) is 0 Å². The van der Waals surface area contributed by atoms with Crippen molar-refractivity contribution in [2.45, 2.75) is 54.6 Å². The molecule has 0 spiro atoms. The van der Waals surface area contributed by atoms with Crippen molar-refractivity contribution in [1.82, 2.24) is 0 Å². The maximum absolute atomic E-state index is 11.7. The molecule has 0 aromatic heterocycles. The van der Waals surface area contributed by atoms with Gasteiger partial charge in [-0.05, 0) is 0 Å². The first-order valence-electron chi connectivity index (χ1n) is 5.69. The minimum absolute atomic E-state index is 0.0399. The number of carbonyl (C=O) groups is 1. The summed E-state index contributed by atoms with van der Waals surface area (Å²) in [6.07, 6.45) is 0.961. The van der Waals surface area contributed by atoms with Crippen LogP contribution in [0.1, 0.15) is 34.1 Å². The molecule has 1 atom stereocenters. The van der Waals surface area contributed by atoms with Gasteiger partial charge in [-0.2, -0.15) is 0 Å². The van der Waals surface area contributed by atoms with Gasteiger partial charge >= 0.3 is 90.5 Å². The molecule has 0 amide bonds. The summed E-state index contributed by atoms with van der Waals surface area (Å²) in [4.78, 5) is 11.7. The Morgan fingerprint density at radius 2 is 1.57 bits per heavy atom. The zero-order valence-corrected chi connectivity index (χ0v) is 12.3. The molecule has 0 aliphatic rings. The van der Waals surface area contributed by atoms with E-state index in [1.54, 1.807) is 0 Å². The third kappa shape index (κ3) is 2.75. The SMILES string of the molecule is CC[CH](C(=O)OC)[Ge]([CH2]C)([CH2]C)[CH2]C. The normalized spacial score (nSPS) is 13.8. The Morgan fingerprint density at radius 3 is 1.79 bits per heavy atom.